The second-order valence-electron chi connectivity index (χ2n) is 7.92. The molecule has 3 aromatic carbocycles. The lowest BCUT2D eigenvalue weighted by molar-refractivity contribution is 0.0747. The first-order valence-electron chi connectivity index (χ1n) is 11.0. The van der Waals surface area contributed by atoms with Crippen LogP contribution >= 0.6 is 0 Å². The van der Waals surface area contributed by atoms with E-state index in [-0.39, 0.29) is 5.91 Å². The van der Waals surface area contributed by atoms with E-state index in [1.54, 1.807) is 13.3 Å². The van der Waals surface area contributed by atoms with Crippen molar-refractivity contribution in [3.05, 3.63) is 90.6 Å². The number of oxazole rings is 1. The van der Waals surface area contributed by atoms with Crippen LogP contribution in [0.1, 0.15) is 10.4 Å². The van der Waals surface area contributed by atoms with Gasteiger partial charge in [0, 0.05) is 43.0 Å². The molecule has 1 aliphatic heterocycles. The number of benzene rings is 3. The maximum atomic E-state index is 13.4. The number of piperazine rings is 1. The monoisotopic (exact) mass is 439 g/mol. The highest BCUT2D eigenvalue weighted by atomic mass is 16.5. The third-order valence-electron chi connectivity index (χ3n) is 5.96. The Labute approximate surface area is 193 Å². The van der Waals surface area contributed by atoms with Gasteiger partial charge in [0.15, 0.2) is 5.76 Å². The normalized spacial score (nSPS) is 13.7. The molecule has 0 aliphatic carbocycles. The Morgan fingerprint density at radius 3 is 2.30 bits per heavy atom. The second kappa shape index (κ2) is 9.20. The maximum Gasteiger partial charge on any atom is 0.254 e. The molecule has 0 atom stereocenters. The topological polar surface area (TPSA) is 58.8 Å². The highest BCUT2D eigenvalue weighted by Gasteiger charge is 2.25. The number of amides is 1. The van der Waals surface area contributed by atoms with E-state index in [9.17, 15) is 4.79 Å². The summed E-state index contributed by atoms with van der Waals surface area (Å²) in [6.45, 7) is 2.86. The fraction of sp³-hybridized carbons (Fsp3) is 0.185. The van der Waals surface area contributed by atoms with Crippen LogP contribution in [0.3, 0.4) is 0 Å². The van der Waals surface area contributed by atoms with Crippen molar-refractivity contribution in [3.63, 3.8) is 0 Å². The summed E-state index contributed by atoms with van der Waals surface area (Å²) in [5.41, 5.74) is 3.41. The van der Waals surface area contributed by atoms with Crippen LogP contribution in [0.5, 0.6) is 5.75 Å². The average molecular weight is 440 g/mol. The van der Waals surface area contributed by atoms with Crippen LogP contribution in [0.4, 0.5) is 5.69 Å². The lowest BCUT2D eigenvalue weighted by Crippen LogP contribution is -2.48. The van der Waals surface area contributed by atoms with Crippen molar-refractivity contribution in [1.82, 2.24) is 9.88 Å². The molecule has 33 heavy (non-hydrogen) atoms. The van der Waals surface area contributed by atoms with Crippen LogP contribution in [0.25, 0.3) is 22.8 Å². The van der Waals surface area contributed by atoms with Crippen LogP contribution in [-0.2, 0) is 0 Å². The van der Waals surface area contributed by atoms with Gasteiger partial charge in [-0.25, -0.2) is 4.98 Å². The minimum Gasteiger partial charge on any atom is -0.497 e. The van der Waals surface area contributed by atoms with E-state index in [4.69, 9.17) is 9.15 Å². The summed E-state index contributed by atoms with van der Waals surface area (Å²) in [5.74, 6) is 1.97. The summed E-state index contributed by atoms with van der Waals surface area (Å²) in [4.78, 5) is 22.1. The van der Waals surface area contributed by atoms with Gasteiger partial charge in [-0.2, -0.15) is 0 Å². The molecule has 0 spiro atoms. The molecule has 5 rings (SSSR count). The Balaban J connectivity index is 1.32. The minimum absolute atomic E-state index is 0.000517. The van der Waals surface area contributed by atoms with Gasteiger partial charge in [-0.3, -0.25) is 4.79 Å². The zero-order valence-electron chi connectivity index (χ0n) is 18.5. The number of carbonyl (C=O) groups excluding carboxylic acids is 1. The van der Waals surface area contributed by atoms with Gasteiger partial charge in [-0.05, 0) is 36.4 Å². The quantitative estimate of drug-likeness (QED) is 0.439. The van der Waals surface area contributed by atoms with Gasteiger partial charge in [-0.15, -0.1) is 0 Å². The molecule has 1 amide bonds. The zero-order chi connectivity index (χ0) is 22.6. The fourth-order valence-electron chi connectivity index (χ4n) is 4.12. The molecule has 0 radical (unpaired) electrons. The average Bonchev–Trinajstić information content (AvgIpc) is 3.39. The van der Waals surface area contributed by atoms with Gasteiger partial charge in [0.1, 0.15) is 5.75 Å². The molecule has 2 heterocycles. The van der Waals surface area contributed by atoms with Crippen molar-refractivity contribution < 1.29 is 13.9 Å². The molecule has 1 aliphatic rings. The molecular formula is C27H25N3O3. The molecular weight excluding hydrogens is 414 g/mol. The zero-order valence-corrected chi connectivity index (χ0v) is 18.5. The number of methoxy groups -OCH3 is 1. The Kier molecular flexibility index (Phi) is 5.81. The molecule has 0 bridgehead atoms. The lowest BCUT2D eigenvalue weighted by atomic mass is 10.1. The van der Waals surface area contributed by atoms with Gasteiger partial charge in [0.05, 0.1) is 18.9 Å². The van der Waals surface area contributed by atoms with E-state index in [0.29, 0.717) is 35.9 Å². The molecule has 0 saturated carbocycles. The predicted molar refractivity (Wildman–Crippen MR) is 128 cm³/mol. The number of hydrogen-bond donors (Lipinski definition) is 0. The van der Waals surface area contributed by atoms with Crippen molar-refractivity contribution in [2.45, 2.75) is 0 Å². The molecule has 1 aromatic heterocycles. The number of hydrogen-bond acceptors (Lipinski definition) is 5. The SMILES string of the molecule is COc1ccc(N2CCN(C(=O)c3ccccc3-c3ncc(-c4ccccc4)o3)CC2)cc1. The maximum absolute atomic E-state index is 13.4. The first-order chi connectivity index (χ1) is 16.2. The molecule has 6 nitrogen and oxygen atoms in total. The van der Waals surface area contributed by atoms with Crippen molar-refractivity contribution in [1.29, 1.82) is 0 Å². The molecule has 166 valence electrons. The summed E-state index contributed by atoms with van der Waals surface area (Å²) < 4.78 is 11.3. The Bertz CT molecular complexity index is 1230. The smallest absolute Gasteiger partial charge is 0.254 e. The number of nitrogens with zero attached hydrogens (tertiary/aromatic N) is 3. The van der Waals surface area contributed by atoms with Gasteiger partial charge in [-0.1, -0.05) is 42.5 Å². The Hall–Kier alpha value is -4.06. The standard InChI is InChI=1S/C27H25N3O3/c1-32-22-13-11-21(12-14-22)29-15-17-30(18-16-29)27(31)24-10-6-5-9-23(24)26-28-19-25(33-26)20-7-3-2-4-8-20/h2-14,19H,15-18H2,1H3. The van der Waals surface area contributed by atoms with Crippen LogP contribution in [0, 0.1) is 0 Å². The van der Waals surface area contributed by atoms with E-state index in [1.165, 1.54) is 0 Å². The van der Waals surface area contributed by atoms with Gasteiger partial charge in [0.25, 0.3) is 5.91 Å². The molecule has 6 heteroatoms. The van der Waals surface area contributed by atoms with Crippen molar-refractivity contribution in [2.75, 3.05) is 38.2 Å². The van der Waals surface area contributed by atoms with Gasteiger partial charge < -0.3 is 19.0 Å². The number of rotatable bonds is 5. The molecule has 1 fully saturated rings. The molecule has 4 aromatic rings. The third-order valence-corrected chi connectivity index (χ3v) is 5.96. The summed E-state index contributed by atoms with van der Waals surface area (Å²) in [7, 11) is 1.66. The van der Waals surface area contributed by atoms with E-state index in [0.717, 1.165) is 30.1 Å². The van der Waals surface area contributed by atoms with Crippen molar-refractivity contribution >= 4 is 11.6 Å². The summed E-state index contributed by atoms with van der Waals surface area (Å²) >= 11 is 0. The largest absolute Gasteiger partial charge is 0.497 e. The second-order valence-corrected chi connectivity index (χ2v) is 7.92. The molecule has 1 saturated heterocycles. The van der Waals surface area contributed by atoms with E-state index < -0.39 is 0 Å². The summed E-state index contributed by atoms with van der Waals surface area (Å²) in [5, 5.41) is 0. The third kappa shape index (κ3) is 4.32. The number of ether oxygens (including phenoxy) is 1. The minimum atomic E-state index is -0.000517. The first-order valence-corrected chi connectivity index (χ1v) is 11.0. The van der Waals surface area contributed by atoms with Crippen LogP contribution in [0.2, 0.25) is 0 Å². The van der Waals surface area contributed by atoms with E-state index in [2.05, 4.69) is 22.0 Å². The Morgan fingerprint density at radius 2 is 1.58 bits per heavy atom. The Morgan fingerprint density at radius 1 is 0.879 bits per heavy atom. The van der Waals surface area contributed by atoms with E-state index >= 15 is 0 Å². The van der Waals surface area contributed by atoms with Crippen LogP contribution < -0.4 is 9.64 Å². The number of carbonyl (C=O) groups is 1. The van der Waals surface area contributed by atoms with Crippen LogP contribution in [-0.4, -0.2) is 49.1 Å². The fourth-order valence-corrected chi connectivity index (χ4v) is 4.12. The van der Waals surface area contributed by atoms with Crippen molar-refractivity contribution in [3.8, 4) is 28.5 Å². The van der Waals surface area contributed by atoms with Gasteiger partial charge in [0.2, 0.25) is 5.89 Å². The lowest BCUT2D eigenvalue weighted by Gasteiger charge is -2.36. The highest BCUT2D eigenvalue weighted by molar-refractivity contribution is 6.00. The van der Waals surface area contributed by atoms with Crippen LogP contribution in [0.15, 0.2) is 89.5 Å². The number of aromatic nitrogens is 1. The molecule has 0 unspecified atom stereocenters. The number of anilines is 1. The van der Waals surface area contributed by atoms with Crippen molar-refractivity contribution in [2.24, 2.45) is 0 Å². The van der Waals surface area contributed by atoms with Gasteiger partial charge >= 0.3 is 0 Å². The predicted octanol–water partition coefficient (Wildman–Crippen LogP) is 4.98. The molecule has 0 N–H and O–H groups in total. The first kappa shape index (κ1) is 20.8. The summed E-state index contributed by atoms with van der Waals surface area (Å²) in [6, 6.07) is 25.4. The highest BCUT2D eigenvalue weighted by Crippen LogP contribution is 2.29. The van der Waals surface area contributed by atoms with E-state index in [1.807, 2.05) is 71.6 Å². The summed E-state index contributed by atoms with van der Waals surface area (Å²) in [6.07, 6.45) is 1.71.